The van der Waals surface area contributed by atoms with E-state index in [2.05, 4.69) is 24.5 Å². The molecule has 0 spiro atoms. The van der Waals surface area contributed by atoms with Crippen molar-refractivity contribution in [2.24, 2.45) is 11.8 Å². The molecule has 1 amide bonds. The highest BCUT2D eigenvalue weighted by Gasteiger charge is 2.26. The summed E-state index contributed by atoms with van der Waals surface area (Å²) >= 11 is 0. The summed E-state index contributed by atoms with van der Waals surface area (Å²) in [6.07, 6.45) is 4.24. The number of hydrogen-bond acceptors (Lipinski definition) is 2. The molecule has 0 heterocycles. The van der Waals surface area contributed by atoms with Crippen LogP contribution in [-0.2, 0) is 4.79 Å². The van der Waals surface area contributed by atoms with E-state index >= 15 is 0 Å². The molecular weight excluding hydrogens is 224 g/mol. The predicted molar refractivity (Wildman–Crippen MR) is 69.9 cm³/mol. The summed E-state index contributed by atoms with van der Waals surface area (Å²) in [5.41, 5.74) is 0. The lowest BCUT2D eigenvalue weighted by Gasteiger charge is -2.33. The van der Waals surface area contributed by atoms with E-state index in [4.69, 9.17) is 0 Å². The van der Waals surface area contributed by atoms with Gasteiger partial charge < -0.3 is 10.6 Å². The van der Waals surface area contributed by atoms with Crippen LogP contribution in [-0.4, -0.2) is 25.5 Å². The van der Waals surface area contributed by atoms with Gasteiger partial charge in [0.05, 0.1) is 0 Å². The molecule has 96 valence electrons. The summed E-state index contributed by atoms with van der Waals surface area (Å²) in [5.74, 6) is 1.65. The normalized spacial score (nSPS) is 29.3. The monoisotopic (exact) mass is 248 g/mol. The van der Waals surface area contributed by atoms with Crippen LogP contribution < -0.4 is 10.6 Å². The molecule has 0 saturated heterocycles. The van der Waals surface area contributed by atoms with E-state index in [-0.39, 0.29) is 18.3 Å². The lowest BCUT2D eigenvalue weighted by atomic mass is 9.80. The Bertz CT molecular complexity index is 211. The van der Waals surface area contributed by atoms with Gasteiger partial charge in [0.25, 0.3) is 0 Å². The maximum Gasteiger partial charge on any atom is 0.221 e. The van der Waals surface area contributed by atoms with Gasteiger partial charge in [-0.15, -0.1) is 12.4 Å². The number of carbonyl (C=O) groups is 1. The van der Waals surface area contributed by atoms with Gasteiger partial charge in [0.1, 0.15) is 0 Å². The van der Waals surface area contributed by atoms with Crippen molar-refractivity contribution in [2.45, 2.75) is 45.6 Å². The minimum Gasteiger partial charge on any atom is -0.353 e. The van der Waals surface area contributed by atoms with E-state index in [9.17, 15) is 4.79 Å². The smallest absolute Gasteiger partial charge is 0.221 e. The first-order chi connectivity index (χ1) is 7.13. The van der Waals surface area contributed by atoms with E-state index in [1.54, 1.807) is 0 Å². The molecule has 3 unspecified atom stereocenters. The Morgan fingerprint density at radius 1 is 1.31 bits per heavy atom. The zero-order valence-corrected chi connectivity index (χ0v) is 11.4. The quantitative estimate of drug-likeness (QED) is 0.799. The third kappa shape index (κ3) is 5.17. The molecule has 0 radical (unpaired) electrons. The second-order valence-corrected chi connectivity index (χ2v) is 4.92. The second kappa shape index (κ2) is 7.91. The van der Waals surface area contributed by atoms with Gasteiger partial charge in [-0.25, -0.2) is 0 Å². The summed E-state index contributed by atoms with van der Waals surface area (Å²) in [7, 11) is 1.87. The molecule has 1 saturated carbocycles. The minimum atomic E-state index is 0. The van der Waals surface area contributed by atoms with Crippen LogP contribution in [0.1, 0.15) is 39.5 Å². The average Bonchev–Trinajstić information content (AvgIpc) is 2.19. The SMILES string of the molecule is CNCCC(=O)NC1CCC(C)CC1C.Cl. The summed E-state index contributed by atoms with van der Waals surface area (Å²) < 4.78 is 0. The molecule has 1 rings (SSSR count). The first-order valence-electron chi connectivity index (χ1n) is 6.07. The molecule has 3 atom stereocenters. The predicted octanol–water partition coefficient (Wildman–Crippen LogP) is 1.96. The van der Waals surface area contributed by atoms with E-state index in [0.29, 0.717) is 18.4 Å². The fourth-order valence-electron chi connectivity index (χ4n) is 2.40. The van der Waals surface area contributed by atoms with Gasteiger partial charge in [0, 0.05) is 19.0 Å². The highest BCUT2D eigenvalue weighted by molar-refractivity contribution is 5.85. The summed E-state index contributed by atoms with van der Waals surface area (Å²) in [5, 5.41) is 6.14. The van der Waals surface area contributed by atoms with Gasteiger partial charge in [0.2, 0.25) is 5.91 Å². The van der Waals surface area contributed by atoms with Crippen molar-refractivity contribution >= 4 is 18.3 Å². The lowest BCUT2D eigenvalue weighted by molar-refractivity contribution is -0.122. The van der Waals surface area contributed by atoms with Crippen LogP contribution in [0.2, 0.25) is 0 Å². The lowest BCUT2D eigenvalue weighted by Crippen LogP contribution is -2.43. The number of carbonyl (C=O) groups excluding carboxylic acids is 1. The number of amides is 1. The molecular formula is C12H25ClN2O. The van der Waals surface area contributed by atoms with Crippen molar-refractivity contribution in [1.82, 2.24) is 10.6 Å². The van der Waals surface area contributed by atoms with Crippen LogP contribution in [0.4, 0.5) is 0 Å². The zero-order chi connectivity index (χ0) is 11.3. The van der Waals surface area contributed by atoms with Crippen molar-refractivity contribution in [3.63, 3.8) is 0 Å². The van der Waals surface area contributed by atoms with E-state index in [1.807, 2.05) is 7.05 Å². The summed E-state index contributed by atoms with van der Waals surface area (Å²) in [4.78, 5) is 11.5. The third-order valence-electron chi connectivity index (χ3n) is 3.38. The molecule has 1 aliphatic rings. The Kier molecular flexibility index (Phi) is 7.77. The highest BCUT2D eigenvalue weighted by Crippen LogP contribution is 2.28. The van der Waals surface area contributed by atoms with Crippen LogP contribution in [0.25, 0.3) is 0 Å². The molecule has 1 fully saturated rings. The molecule has 3 nitrogen and oxygen atoms in total. The molecule has 1 aliphatic carbocycles. The first kappa shape index (κ1) is 15.7. The van der Waals surface area contributed by atoms with Gasteiger partial charge in [0.15, 0.2) is 0 Å². The van der Waals surface area contributed by atoms with Crippen molar-refractivity contribution < 1.29 is 4.79 Å². The number of nitrogens with one attached hydrogen (secondary N) is 2. The Morgan fingerprint density at radius 3 is 2.56 bits per heavy atom. The maximum absolute atomic E-state index is 11.5. The van der Waals surface area contributed by atoms with Gasteiger partial charge in [-0.2, -0.15) is 0 Å². The largest absolute Gasteiger partial charge is 0.353 e. The van der Waals surface area contributed by atoms with Crippen LogP contribution in [0.15, 0.2) is 0 Å². The molecule has 0 aliphatic heterocycles. The Balaban J connectivity index is 0.00000225. The molecule has 2 N–H and O–H groups in total. The van der Waals surface area contributed by atoms with Gasteiger partial charge in [-0.05, 0) is 38.1 Å². The van der Waals surface area contributed by atoms with Crippen LogP contribution in [0, 0.1) is 11.8 Å². The van der Waals surface area contributed by atoms with Crippen molar-refractivity contribution in [2.75, 3.05) is 13.6 Å². The third-order valence-corrected chi connectivity index (χ3v) is 3.38. The Morgan fingerprint density at radius 2 is 2.00 bits per heavy atom. The fourth-order valence-corrected chi connectivity index (χ4v) is 2.40. The second-order valence-electron chi connectivity index (χ2n) is 4.92. The van der Waals surface area contributed by atoms with Gasteiger partial charge in [-0.3, -0.25) is 4.79 Å². The van der Waals surface area contributed by atoms with Gasteiger partial charge in [-0.1, -0.05) is 13.8 Å². The van der Waals surface area contributed by atoms with E-state index < -0.39 is 0 Å². The van der Waals surface area contributed by atoms with Gasteiger partial charge >= 0.3 is 0 Å². The summed E-state index contributed by atoms with van der Waals surface area (Å²) in [6, 6.07) is 0.408. The minimum absolute atomic E-state index is 0. The molecule has 0 aromatic carbocycles. The molecule has 4 heteroatoms. The van der Waals surface area contributed by atoms with Crippen LogP contribution >= 0.6 is 12.4 Å². The standard InChI is InChI=1S/C12H24N2O.ClH/c1-9-4-5-11(10(2)8-9)14-12(15)6-7-13-3;/h9-11,13H,4-8H2,1-3H3,(H,14,15);1H. The van der Waals surface area contributed by atoms with E-state index in [0.717, 1.165) is 18.9 Å². The van der Waals surface area contributed by atoms with Crippen LogP contribution in [0.3, 0.4) is 0 Å². The van der Waals surface area contributed by atoms with Crippen molar-refractivity contribution in [3.8, 4) is 0 Å². The molecule has 0 aromatic heterocycles. The summed E-state index contributed by atoms with van der Waals surface area (Å²) in [6.45, 7) is 5.32. The van der Waals surface area contributed by atoms with Crippen molar-refractivity contribution in [3.05, 3.63) is 0 Å². The molecule has 16 heavy (non-hydrogen) atoms. The number of hydrogen-bond donors (Lipinski definition) is 2. The zero-order valence-electron chi connectivity index (χ0n) is 10.6. The average molecular weight is 249 g/mol. The Hall–Kier alpha value is -0.280. The number of rotatable bonds is 4. The van der Waals surface area contributed by atoms with E-state index in [1.165, 1.54) is 12.8 Å². The Labute approximate surface area is 105 Å². The van der Waals surface area contributed by atoms with Crippen molar-refractivity contribution in [1.29, 1.82) is 0 Å². The van der Waals surface area contributed by atoms with Crippen LogP contribution in [0.5, 0.6) is 0 Å². The fraction of sp³-hybridized carbons (Fsp3) is 0.917. The topological polar surface area (TPSA) is 41.1 Å². The highest BCUT2D eigenvalue weighted by atomic mass is 35.5. The first-order valence-corrected chi connectivity index (χ1v) is 6.07. The molecule has 0 aromatic rings. The maximum atomic E-state index is 11.5. The number of halogens is 1. The molecule has 0 bridgehead atoms.